The maximum absolute atomic E-state index is 13.5. The fourth-order valence-corrected chi connectivity index (χ4v) is 2.01. The van der Waals surface area contributed by atoms with Gasteiger partial charge in [-0.2, -0.15) is 0 Å². The first kappa shape index (κ1) is 19.0. The first-order valence-corrected chi connectivity index (χ1v) is 7.60. The maximum atomic E-state index is 13.5. The Balaban J connectivity index is 2.00. The summed E-state index contributed by atoms with van der Waals surface area (Å²) in [5.41, 5.74) is -0.150. The van der Waals surface area contributed by atoms with E-state index in [1.165, 1.54) is 24.3 Å². The Bertz CT molecular complexity index is 838. The lowest BCUT2D eigenvalue weighted by atomic mass is 10.1. The van der Waals surface area contributed by atoms with Gasteiger partial charge in [-0.05, 0) is 43.3 Å². The lowest BCUT2D eigenvalue weighted by Gasteiger charge is -2.08. The minimum Gasteiger partial charge on any atom is -0.454 e. The zero-order valence-electron chi connectivity index (χ0n) is 13.8. The summed E-state index contributed by atoms with van der Waals surface area (Å²) >= 11 is 0. The van der Waals surface area contributed by atoms with Gasteiger partial charge in [0, 0.05) is 5.69 Å². The van der Waals surface area contributed by atoms with E-state index in [0.29, 0.717) is 5.69 Å². The highest BCUT2D eigenvalue weighted by atomic mass is 19.1. The second kappa shape index (κ2) is 8.70. The molecule has 1 amide bonds. The highest BCUT2D eigenvalue weighted by Gasteiger charge is 2.16. The van der Waals surface area contributed by atoms with E-state index in [-0.39, 0.29) is 12.2 Å². The van der Waals surface area contributed by atoms with Gasteiger partial charge in [0.05, 0.1) is 17.7 Å². The molecule has 0 heterocycles. The first-order chi connectivity index (χ1) is 12.4. The molecule has 0 saturated heterocycles. The molecule has 2 aromatic carbocycles. The number of Topliss-reactive ketones (excluding diaryl/α,β-unsaturated/α-hetero) is 1. The molecule has 0 spiro atoms. The van der Waals surface area contributed by atoms with Gasteiger partial charge in [-0.1, -0.05) is 6.07 Å². The zero-order chi connectivity index (χ0) is 19.1. The average Bonchev–Trinajstić information content (AvgIpc) is 2.61. The number of rotatable bonds is 6. The SMILES string of the molecule is CCOC(=O)Nc1cccc(C(=O)OCC(=O)c2cc(F)ccc2F)c1. The van der Waals surface area contributed by atoms with Gasteiger partial charge < -0.3 is 9.47 Å². The van der Waals surface area contributed by atoms with Crippen molar-refractivity contribution in [2.75, 3.05) is 18.5 Å². The third-order valence-corrected chi connectivity index (χ3v) is 3.18. The van der Waals surface area contributed by atoms with Gasteiger partial charge in [-0.3, -0.25) is 10.1 Å². The molecule has 0 fully saturated rings. The van der Waals surface area contributed by atoms with E-state index in [2.05, 4.69) is 5.32 Å². The zero-order valence-corrected chi connectivity index (χ0v) is 13.8. The number of nitrogens with one attached hydrogen (secondary N) is 1. The fraction of sp³-hybridized carbons (Fsp3) is 0.167. The van der Waals surface area contributed by atoms with Gasteiger partial charge in [0.15, 0.2) is 6.61 Å². The predicted octanol–water partition coefficient (Wildman–Crippen LogP) is 3.57. The lowest BCUT2D eigenvalue weighted by Crippen LogP contribution is -2.16. The summed E-state index contributed by atoms with van der Waals surface area (Å²) in [7, 11) is 0. The molecule has 0 saturated carbocycles. The predicted molar refractivity (Wildman–Crippen MR) is 88.1 cm³/mol. The van der Waals surface area contributed by atoms with E-state index in [0.717, 1.165) is 18.2 Å². The van der Waals surface area contributed by atoms with Crippen LogP contribution in [-0.2, 0) is 9.47 Å². The van der Waals surface area contributed by atoms with Gasteiger partial charge in [0.1, 0.15) is 11.6 Å². The number of carbonyl (C=O) groups excluding carboxylic acids is 3. The molecule has 0 aliphatic heterocycles. The van der Waals surface area contributed by atoms with Crippen LogP contribution in [0.1, 0.15) is 27.6 Å². The minimum absolute atomic E-state index is 0.0619. The Hall–Kier alpha value is -3.29. The van der Waals surface area contributed by atoms with Crippen LogP contribution in [0.2, 0.25) is 0 Å². The summed E-state index contributed by atoms with van der Waals surface area (Å²) in [6.07, 6.45) is -0.685. The summed E-state index contributed by atoms with van der Waals surface area (Å²) < 4.78 is 36.2. The molecule has 0 atom stereocenters. The number of anilines is 1. The molecular weight excluding hydrogens is 348 g/mol. The third kappa shape index (κ3) is 5.10. The molecule has 0 unspecified atom stereocenters. The average molecular weight is 363 g/mol. The summed E-state index contributed by atoms with van der Waals surface area (Å²) in [6, 6.07) is 8.18. The van der Waals surface area contributed by atoms with Crippen LogP contribution in [0, 0.1) is 11.6 Å². The highest BCUT2D eigenvalue weighted by Crippen LogP contribution is 2.14. The quantitative estimate of drug-likeness (QED) is 0.627. The molecule has 0 aliphatic rings. The van der Waals surface area contributed by atoms with Crippen LogP contribution < -0.4 is 5.32 Å². The van der Waals surface area contributed by atoms with Crippen LogP contribution in [-0.4, -0.2) is 31.1 Å². The normalized spacial score (nSPS) is 10.1. The number of ketones is 1. The molecule has 2 aromatic rings. The Morgan fingerprint density at radius 1 is 1.04 bits per heavy atom. The van der Waals surface area contributed by atoms with Crippen molar-refractivity contribution in [1.29, 1.82) is 0 Å². The van der Waals surface area contributed by atoms with Crippen molar-refractivity contribution < 1.29 is 32.6 Å². The van der Waals surface area contributed by atoms with Gasteiger partial charge >= 0.3 is 12.1 Å². The molecule has 1 N–H and O–H groups in total. The van der Waals surface area contributed by atoms with E-state index in [9.17, 15) is 23.2 Å². The summed E-state index contributed by atoms with van der Waals surface area (Å²) in [4.78, 5) is 35.3. The number of benzene rings is 2. The number of halogens is 2. The second-order valence-corrected chi connectivity index (χ2v) is 5.05. The van der Waals surface area contributed by atoms with Gasteiger partial charge in [-0.15, -0.1) is 0 Å². The van der Waals surface area contributed by atoms with E-state index < -0.39 is 41.7 Å². The molecule has 26 heavy (non-hydrogen) atoms. The first-order valence-electron chi connectivity index (χ1n) is 7.60. The Morgan fingerprint density at radius 2 is 1.81 bits per heavy atom. The maximum Gasteiger partial charge on any atom is 0.411 e. The molecule has 2 rings (SSSR count). The molecule has 6 nitrogen and oxygen atoms in total. The van der Waals surface area contributed by atoms with Gasteiger partial charge in [-0.25, -0.2) is 18.4 Å². The van der Waals surface area contributed by atoms with Crippen LogP contribution in [0.15, 0.2) is 42.5 Å². The molecule has 8 heteroatoms. The molecule has 0 aliphatic carbocycles. The standard InChI is InChI=1S/C18H15F2NO5/c1-2-25-18(24)21-13-5-3-4-11(8-13)17(23)26-10-16(22)14-9-12(19)6-7-15(14)20/h3-9H,2,10H2,1H3,(H,21,24). The van der Waals surface area contributed by atoms with E-state index in [1.54, 1.807) is 6.92 Å². The largest absolute Gasteiger partial charge is 0.454 e. The minimum atomic E-state index is -0.909. The summed E-state index contributed by atoms with van der Waals surface area (Å²) in [5, 5.41) is 2.42. The van der Waals surface area contributed by atoms with Crippen molar-refractivity contribution in [3.63, 3.8) is 0 Å². The molecule has 0 bridgehead atoms. The highest BCUT2D eigenvalue weighted by molar-refractivity contribution is 6.00. The number of ether oxygens (including phenoxy) is 2. The monoisotopic (exact) mass is 363 g/mol. The van der Waals surface area contributed by atoms with Crippen molar-refractivity contribution in [2.45, 2.75) is 6.92 Å². The molecule has 136 valence electrons. The number of carbonyl (C=O) groups is 3. The Kier molecular flexibility index (Phi) is 6.37. The number of hydrogen-bond acceptors (Lipinski definition) is 5. The van der Waals surface area contributed by atoms with Crippen LogP contribution in [0.25, 0.3) is 0 Å². The van der Waals surface area contributed by atoms with Gasteiger partial charge in [0.2, 0.25) is 5.78 Å². The van der Waals surface area contributed by atoms with E-state index in [4.69, 9.17) is 9.47 Å². The van der Waals surface area contributed by atoms with Crippen molar-refractivity contribution in [1.82, 2.24) is 0 Å². The number of hydrogen-bond donors (Lipinski definition) is 1. The van der Waals surface area contributed by atoms with Crippen LogP contribution in [0.3, 0.4) is 0 Å². The van der Waals surface area contributed by atoms with Crippen molar-refractivity contribution >= 4 is 23.5 Å². The molecule has 0 aromatic heterocycles. The topological polar surface area (TPSA) is 81.7 Å². The third-order valence-electron chi connectivity index (χ3n) is 3.18. The number of esters is 1. The smallest absolute Gasteiger partial charge is 0.411 e. The summed E-state index contributed by atoms with van der Waals surface area (Å²) in [5.74, 6) is -3.43. The van der Waals surface area contributed by atoms with Crippen molar-refractivity contribution in [3.05, 3.63) is 65.2 Å². The van der Waals surface area contributed by atoms with Gasteiger partial charge in [0.25, 0.3) is 0 Å². The van der Waals surface area contributed by atoms with Crippen LogP contribution in [0.5, 0.6) is 0 Å². The molecular formula is C18H15F2NO5. The van der Waals surface area contributed by atoms with E-state index in [1.807, 2.05) is 0 Å². The molecule has 0 radical (unpaired) electrons. The fourth-order valence-electron chi connectivity index (χ4n) is 2.01. The van der Waals surface area contributed by atoms with Crippen LogP contribution >= 0.6 is 0 Å². The summed E-state index contributed by atoms with van der Waals surface area (Å²) in [6.45, 7) is 1.08. The second-order valence-electron chi connectivity index (χ2n) is 5.05. The van der Waals surface area contributed by atoms with Crippen LogP contribution in [0.4, 0.5) is 19.3 Å². The van der Waals surface area contributed by atoms with Crippen molar-refractivity contribution in [2.24, 2.45) is 0 Å². The number of amides is 1. The lowest BCUT2D eigenvalue weighted by molar-refractivity contribution is 0.0473. The Morgan fingerprint density at radius 3 is 2.54 bits per heavy atom. The van der Waals surface area contributed by atoms with Crippen molar-refractivity contribution in [3.8, 4) is 0 Å². The van der Waals surface area contributed by atoms with E-state index >= 15 is 0 Å². The Labute approximate surface area is 147 Å².